The van der Waals surface area contributed by atoms with Crippen molar-refractivity contribution in [2.24, 2.45) is 11.8 Å². The highest BCUT2D eigenvalue weighted by Gasteiger charge is 2.38. The van der Waals surface area contributed by atoms with Gasteiger partial charge in [-0.05, 0) is 99.2 Å². The number of methoxy groups -OCH3 is 1. The summed E-state index contributed by atoms with van der Waals surface area (Å²) in [6, 6.07) is 10.7. The molecule has 2 aliphatic heterocycles. The smallest absolute Gasteiger partial charge is 0.264 e. The number of carbonyl (C=O) groups is 1. The third-order valence-corrected chi connectivity index (χ3v) is 10.2. The summed E-state index contributed by atoms with van der Waals surface area (Å²) in [6.45, 7) is 5.60. The molecule has 2 bridgehead atoms. The van der Waals surface area contributed by atoms with Gasteiger partial charge in [-0.1, -0.05) is 29.8 Å². The molecule has 1 fully saturated rings. The first-order valence-electron chi connectivity index (χ1n) is 14.4. The van der Waals surface area contributed by atoms with Crippen LogP contribution in [0.2, 0.25) is 5.02 Å². The van der Waals surface area contributed by atoms with Gasteiger partial charge in [0.25, 0.3) is 15.9 Å². The van der Waals surface area contributed by atoms with Crippen LogP contribution in [0.5, 0.6) is 5.75 Å². The molecule has 2 N–H and O–H groups in total. The first-order valence-corrected chi connectivity index (χ1v) is 16.2. The standard InChI is InChI=1S/C31H40ClN3O5S/c1-31(2)30(36)34-41(37,38)25-12-14-29-27(18-25)35(19-22-10-13-26(22)28(39-3)8-6-15-33-31)16-5-4-7-21-17-24(32)11-9-23(21)20-40-29/h6,8-9,11-12,14,17-18,22,26,28,33H,4-5,7,10,13,15-16,19-20H2,1-3H3,(H,34,36)/b8-6+/t22-,26+,28+/m0/s1. The third kappa shape index (κ3) is 6.74. The van der Waals surface area contributed by atoms with Gasteiger partial charge in [0.15, 0.2) is 0 Å². The van der Waals surface area contributed by atoms with Crippen molar-refractivity contribution in [3.05, 3.63) is 64.7 Å². The minimum atomic E-state index is -4.13. The van der Waals surface area contributed by atoms with Crippen molar-refractivity contribution in [1.29, 1.82) is 0 Å². The maximum atomic E-state index is 13.5. The zero-order chi connectivity index (χ0) is 29.2. The van der Waals surface area contributed by atoms with Crippen LogP contribution in [0.25, 0.3) is 0 Å². The average molecular weight is 602 g/mol. The number of sulfonamides is 1. The largest absolute Gasteiger partial charge is 0.487 e. The predicted octanol–water partition coefficient (Wildman–Crippen LogP) is 4.85. The van der Waals surface area contributed by atoms with E-state index in [1.54, 1.807) is 33.1 Å². The topological polar surface area (TPSA) is 97.0 Å². The number of fused-ring (bicyclic) bond motifs is 3. The number of rotatable bonds is 1. The van der Waals surface area contributed by atoms with Crippen LogP contribution in [0.1, 0.15) is 50.7 Å². The molecule has 41 heavy (non-hydrogen) atoms. The number of aryl methyl sites for hydroxylation is 1. The first-order chi connectivity index (χ1) is 19.6. The van der Waals surface area contributed by atoms with E-state index in [0.717, 1.165) is 56.4 Å². The van der Waals surface area contributed by atoms with Crippen LogP contribution in [0.3, 0.4) is 0 Å². The molecule has 2 aromatic rings. The molecule has 1 saturated carbocycles. The summed E-state index contributed by atoms with van der Waals surface area (Å²) in [6.07, 6.45) is 8.91. The van der Waals surface area contributed by atoms with Gasteiger partial charge in [0.2, 0.25) is 0 Å². The second kappa shape index (κ2) is 12.3. The number of benzene rings is 2. The second-order valence-corrected chi connectivity index (χ2v) is 13.9. The second-order valence-electron chi connectivity index (χ2n) is 11.8. The van der Waals surface area contributed by atoms with Crippen molar-refractivity contribution in [1.82, 2.24) is 10.0 Å². The van der Waals surface area contributed by atoms with Gasteiger partial charge in [-0.25, -0.2) is 13.1 Å². The van der Waals surface area contributed by atoms with Crippen LogP contribution in [0, 0.1) is 11.8 Å². The molecule has 3 aliphatic rings. The summed E-state index contributed by atoms with van der Waals surface area (Å²) in [7, 11) is -2.39. The number of amides is 1. The van der Waals surface area contributed by atoms with Crippen molar-refractivity contribution in [2.75, 3.05) is 31.6 Å². The zero-order valence-corrected chi connectivity index (χ0v) is 25.6. The van der Waals surface area contributed by atoms with Crippen LogP contribution in [0.4, 0.5) is 5.69 Å². The lowest BCUT2D eigenvalue weighted by Crippen LogP contribution is -2.54. The van der Waals surface area contributed by atoms with Crippen molar-refractivity contribution in [2.45, 2.75) is 69.1 Å². The molecule has 5 rings (SSSR count). The molecule has 8 nitrogen and oxygen atoms in total. The molecule has 2 aromatic carbocycles. The molecule has 0 radical (unpaired) electrons. The number of carbonyl (C=O) groups excluding carboxylic acids is 1. The fourth-order valence-electron chi connectivity index (χ4n) is 5.92. The van der Waals surface area contributed by atoms with E-state index >= 15 is 0 Å². The molecule has 0 spiro atoms. The molecule has 2 heterocycles. The van der Waals surface area contributed by atoms with Gasteiger partial charge in [0, 0.05) is 31.8 Å². The van der Waals surface area contributed by atoms with Crippen LogP contribution in [0.15, 0.2) is 53.4 Å². The van der Waals surface area contributed by atoms with E-state index in [4.69, 9.17) is 21.1 Å². The lowest BCUT2D eigenvalue weighted by molar-refractivity contribution is -0.124. The zero-order valence-electron chi connectivity index (χ0n) is 24.0. The maximum Gasteiger partial charge on any atom is 0.264 e. The molecule has 3 atom stereocenters. The SMILES string of the molecule is CO[C@@H]1/C=C/CNC(C)(C)C(=O)NS(=O)(=O)c2ccc3c(c2)N(CCCCc2cc(Cl)ccc2CO3)C[C@@H]2CC[C@H]21. The van der Waals surface area contributed by atoms with Gasteiger partial charge in [-0.2, -0.15) is 0 Å². The molecular formula is C31H40ClN3O5S. The van der Waals surface area contributed by atoms with E-state index < -0.39 is 21.5 Å². The van der Waals surface area contributed by atoms with Crippen molar-refractivity contribution >= 4 is 33.2 Å². The molecule has 10 heteroatoms. The molecule has 0 aromatic heterocycles. The minimum absolute atomic E-state index is 0.0305. The van der Waals surface area contributed by atoms with Gasteiger partial charge >= 0.3 is 0 Å². The van der Waals surface area contributed by atoms with Crippen molar-refractivity contribution in [3.8, 4) is 5.75 Å². The van der Waals surface area contributed by atoms with Gasteiger partial charge in [0.05, 0.1) is 22.2 Å². The highest BCUT2D eigenvalue weighted by molar-refractivity contribution is 7.90. The van der Waals surface area contributed by atoms with Gasteiger partial charge in [-0.15, -0.1) is 0 Å². The molecule has 222 valence electrons. The van der Waals surface area contributed by atoms with Gasteiger partial charge in [-0.3, -0.25) is 4.79 Å². The van der Waals surface area contributed by atoms with Gasteiger partial charge in [0.1, 0.15) is 12.4 Å². The Morgan fingerprint density at radius 3 is 2.68 bits per heavy atom. The average Bonchev–Trinajstić information content (AvgIpc) is 2.95. The Hall–Kier alpha value is -2.59. The number of halogens is 1. The molecule has 0 saturated heterocycles. The number of nitrogens with zero attached hydrogens (tertiary/aromatic N) is 1. The van der Waals surface area contributed by atoms with E-state index in [9.17, 15) is 13.2 Å². The summed E-state index contributed by atoms with van der Waals surface area (Å²) < 4.78 is 41.5. The number of nitrogens with one attached hydrogen (secondary N) is 2. The summed E-state index contributed by atoms with van der Waals surface area (Å²) in [5.41, 5.74) is 1.84. The van der Waals surface area contributed by atoms with E-state index in [1.165, 1.54) is 11.6 Å². The normalized spacial score (nSPS) is 27.1. The highest BCUT2D eigenvalue weighted by atomic mass is 35.5. The van der Waals surface area contributed by atoms with E-state index in [-0.39, 0.29) is 11.0 Å². The van der Waals surface area contributed by atoms with Crippen LogP contribution in [-0.2, 0) is 32.6 Å². The molecule has 1 aliphatic carbocycles. The van der Waals surface area contributed by atoms with E-state index in [0.29, 0.717) is 35.8 Å². The monoisotopic (exact) mass is 601 g/mol. The highest BCUT2D eigenvalue weighted by Crippen LogP contribution is 2.41. The summed E-state index contributed by atoms with van der Waals surface area (Å²) in [5, 5.41) is 3.85. The summed E-state index contributed by atoms with van der Waals surface area (Å²) in [4.78, 5) is 15.4. The Kier molecular flexibility index (Phi) is 8.99. The Morgan fingerprint density at radius 2 is 1.93 bits per heavy atom. The summed E-state index contributed by atoms with van der Waals surface area (Å²) in [5.74, 6) is 0.720. The van der Waals surface area contributed by atoms with Crippen molar-refractivity contribution < 1.29 is 22.7 Å². The van der Waals surface area contributed by atoms with Crippen molar-refractivity contribution in [3.63, 3.8) is 0 Å². The third-order valence-electron chi connectivity index (χ3n) is 8.66. The molecule has 1 amide bonds. The Labute approximate surface area is 248 Å². The van der Waals surface area contributed by atoms with Crippen LogP contribution >= 0.6 is 11.6 Å². The quantitative estimate of drug-likeness (QED) is 0.451. The van der Waals surface area contributed by atoms with E-state index in [2.05, 4.69) is 21.0 Å². The molecular weight excluding hydrogens is 562 g/mol. The number of hydrogen-bond donors (Lipinski definition) is 2. The minimum Gasteiger partial charge on any atom is -0.487 e. The Morgan fingerprint density at radius 1 is 1.10 bits per heavy atom. The number of anilines is 1. The van der Waals surface area contributed by atoms with E-state index in [1.807, 2.05) is 24.3 Å². The molecule has 0 unspecified atom stereocenters. The van der Waals surface area contributed by atoms with Gasteiger partial charge < -0.3 is 19.7 Å². The predicted molar refractivity (Wildman–Crippen MR) is 161 cm³/mol. The Bertz CT molecular complexity index is 1410. The fourth-order valence-corrected chi connectivity index (χ4v) is 7.25. The first kappa shape index (κ1) is 29.9. The number of ether oxygens (including phenoxy) is 2. The van der Waals surface area contributed by atoms with Crippen LogP contribution in [-0.4, -0.2) is 52.7 Å². The lowest BCUT2D eigenvalue weighted by Gasteiger charge is -2.43. The maximum absolute atomic E-state index is 13.5. The number of hydrogen-bond acceptors (Lipinski definition) is 7. The Balaban J connectivity index is 1.56. The lowest BCUT2D eigenvalue weighted by atomic mass is 9.70. The summed E-state index contributed by atoms with van der Waals surface area (Å²) >= 11 is 6.31. The van der Waals surface area contributed by atoms with Crippen LogP contribution < -0.4 is 19.7 Å². The fraction of sp³-hybridized carbons (Fsp3) is 0.516.